The number of likely N-dealkylation sites (tertiary alicyclic amines) is 1. The molecule has 1 N–H and O–H groups in total. The molecule has 1 fully saturated rings. The van der Waals surface area contributed by atoms with Crippen LogP contribution in [0.1, 0.15) is 19.3 Å². The van der Waals surface area contributed by atoms with Crippen molar-refractivity contribution in [1.29, 1.82) is 0 Å². The minimum atomic E-state index is 0.708. The third kappa shape index (κ3) is 4.93. The van der Waals surface area contributed by atoms with E-state index in [0.717, 1.165) is 26.2 Å². The average Bonchev–Trinajstić information content (AvgIpc) is 3.07. The normalized spacial score (nSPS) is 20.2. The lowest BCUT2D eigenvalue weighted by molar-refractivity contribution is 0.191. The minimum Gasteiger partial charge on any atom is -0.383 e. The predicted molar refractivity (Wildman–Crippen MR) is 76.2 cm³/mol. The summed E-state index contributed by atoms with van der Waals surface area (Å²) in [7, 11) is 1.75. The Morgan fingerprint density at radius 2 is 2.37 bits per heavy atom. The van der Waals surface area contributed by atoms with E-state index >= 15 is 0 Å². The van der Waals surface area contributed by atoms with E-state index in [9.17, 15) is 0 Å². The summed E-state index contributed by atoms with van der Waals surface area (Å²) >= 11 is 0. The van der Waals surface area contributed by atoms with Crippen LogP contribution in [0.2, 0.25) is 0 Å². The van der Waals surface area contributed by atoms with Crippen molar-refractivity contribution in [2.24, 2.45) is 0 Å². The first-order chi connectivity index (χ1) is 9.40. The lowest BCUT2D eigenvalue weighted by Gasteiger charge is -2.24. The van der Waals surface area contributed by atoms with Crippen molar-refractivity contribution in [3.05, 3.63) is 18.7 Å². The highest BCUT2D eigenvalue weighted by Gasteiger charge is 2.23. The molecule has 1 aromatic heterocycles. The summed E-state index contributed by atoms with van der Waals surface area (Å²) in [5.74, 6) is 0. The molecule has 1 atom stereocenters. The quantitative estimate of drug-likeness (QED) is 0.677. The summed E-state index contributed by atoms with van der Waals surface area (Å²) in [6.45, 7) is 6.35. The molecular weight excluding hydrogens is 240 g/mol. The topological polar surface area (TPSA) is 42.3 Å². The number of aromatic nitrogens is 2. The molecule has 108 valence electrons. The largest absolute Gasteiger partial charge is 0.383 e. The Morgan fingerprint density at radius 1 is 1.42 bits per heavy atom. The van der Waals surface area contributed by atoms with Crippen molar-refractivity contribution in [2.75, 3.05) is 39.9 Å². The maximum Gasteiger partial charge on any atom is 0.0945 e. The first-order valence-electron chi connectivity index (χ1n) is 7.29. The van der Waals surface area contributed by atoms with Gasteiger partial charge in [0.15, 0.2) is 0 Å². The van der Waals surface area contributed by atoms with E-state index in [1.165, 1.54) is 32.4 Å². The van der Waals surface area contributed by atoms with Gasteiger partial charge in [-0.2, -0.15) is 0 Å². The van der Waals surface area contributed by atoms with Crippen molar-refractivity contribution >= 4 is 0 Å². The maximum absolute atomic E-state index is 5.05. The molecule has 0 saturated carbocycles. The highest BCUT2D eigenvalue weighted by Crippen LogP contribution is 2.16. The van der Waals surface area contributed by atoms with Gasteiger partial charge < -0.3 is 14.6 Å². The molecule has 5 heteroatoms. The zero-order valence-electron chi connectivity index (χ0n) is 11.9. The molecule has 2 heterocycles. The molecule has 1 aliphatic heterocycles. The highest BCUT2D eigenvalue weighted by atomic mass is 16.5. The van der Waals surface area contributed by atoms with Gasteiger partial charge in [0.25, 0.3) is 0 Å². The Balaban J connectivity index is 1.61. The third-order valence-electron chi connectivity index (χ3n) is 3.78. The summed E-state index contributed by atoms with van der Waals surface area (Å²) < 4.78 is 7.21. The number of hydrogen-bond acceptors (Lipinski definition) is 4. The minimum absolute atomic E-state index is 0.708. The Bertz CT molecular complexity index is 328. The molecule has 1 saturated heterocycles. The van der Waals surface area contributed by atoms with Gasteiger partial charge in [-0.1, -0.05) is 0 Å². The van der Waals surface area contributed by atoms with Crippen LogP contribution < -0.4 is 5.32 Å². The van der Waals surface area contributed by atoms with E-state index in [2.05, 4.69) is 19.8 Å². The number of ether oxygens (including phenoxy) is 1. The Hall–Kier alpha value is -0.910. The van der Waals surface area contributed by atoms with Crippen LogP contribution in [0.5, 0.6) is 0 Å². The fraction of sp³-hybridized carbons (Fsp3) is 0.786. The maximum atomic E-state index is 5.05. The number of imidazole rings is 1. The molecular formula is C14H26N4O. The summed E-state index contributed by atoms with van der Waals surface area (Å²) in [5, 5.41) is 3.48. The van der Waals surface area contributed by atoms with Crippen LogP contribution in [0.3, 0.4) is 0 Å². The van der Waals surface area contributed by atoms with Crippen molar-refractivity contribution in [3.8, 4) is 0 Å². The second-order valence-electron chi connectivity index (χ2n) is 5.18. The predicted octanol–water partition coefficient (Wildman–Crippen LogP) is 0.974. The van der Waals surface area contributed by atoms with Crippen LogP contribution in [0.25, 0.3) is 0 Å². The van der Waals surface area contributed by atoms with E-state index in [4.69, 9.17) is 4.74 Å². The number of rotatable bonds is 9. The molecule has 0 bridgehead atoms. The Morgan fingerprint density at radius 3 is 3.16 bits per heavy atom. The van der Waals surface area contributed by atoms with Crippen LogP contribution in [-0.4, -0.2) is 60.4 Å². The highest BCUT2D eigenvalue weighted by molar-refractivity contribution is 4.81. The smallest absolute Gasteiger partial charge is 0.0945 e. The number of hydrogen-bond donors (Lipinski definition) is 1. The summed E-state index contributed by atoms with van der Waals surface area (Å²) in [5.41, 5.74) is 0. The number of nitrogens with zero attached hydrogens (tertiary/aromatic N) is 3. The third-order valence-corrected chi connectivity index (χ3v) is 3.78. The molecule has 19 heavy (non-hydrogen) atoms. The molecule has 1 unspecified atom stereocenters. The molecule has 1 aliphatic rings. The van der Waals surface area contributed by atoms with Gasteiger partial charge in [-0.15, -0.1) is 0 Å². The number of methoxy groups -OCH3 is 1. The lowest BCUT2D eigenvalue weighted by atomic mass is 10.2. The van der Waals surface area contributed by atoms with Gasteiger partial charge in [0, 0.05) is 51.7 Å². The lowest BCUT2D eigenvalue weighted by Crippen LogP contribution is -2.39. The fourth-order valence-corrected chi connectivity index (χ4v) is 2.74. The first kappa shape index (κ1) is 14.5. The van der Waals surface area contributed by atoms with Gasteiger partial charge >= 0.3 is 0 Å². The van der Waals surface area contributed by atoms with Gasteiger partial charge in [-0.25, -0.2) is 4.98 Å². The van der Waals surface area contributed by atoms with Gasteiger partial charge in [-0.05, 0) is 25.8 Å². The molecule has 0 amide bonds. The summed E-state index contributed by atoms with van der Waals surface area (Å²) in [6.07, 6.45) is 9.64. The molecule has 5 nitrogen and oxygen atoms in total. The second kappa shape index (κ2) is 8.30. The van der Waals surface area contributed by atoms with E-state index in [-0.39, 0.29) is 0 Å². The molecule has 2 rings (SSSR count). The van der Waals surface area contributed by atoms with Crippen LogP contribution in [0, 0.1) is 0 Å². The van der Waals surface area contributed by atoms with Crippen molar-refractivity contribution in [2.45, 2.75) is 31.8 Å². The molecule has 0 aromatic carbocycles. The summed E-state index contributed by atoms with van der Waals surface area (Å²) in [6, 6.07) is 0.708. The standard InChI is InChI=1S/C14H26N4O/c1-19-11-6-15-12-14-4-2-8-18(14)9-3-7-17-10-5-16-13-17/h5,10,13-15H,2-4,6-9,11-12H2,1H3. The number of aryl methyl sites for hydroxylation is 1. The van der Waals surface area contributed by atoms with E-state index < -0.39 is 0 Å². The zero-order chi connectivity index (χ0) is 13.3. The number of nitrogens with one attached hydrogen (secondary N) is 1. The zero-order valence-corrected chi connectivity index (χ0v) is 11.9. The monoisotopic (exact) mass is 266 g/mol. The molecule has 1 aromatic rings. The Kier molecular flexibility index (Phi) is 6.33. The van der Waals surface area contributed by atoms with Gasteiger partial charge in [0.1, 0.15) is 0 Å². The van der Waals surface area contributed by atoms with Crippen molar-refractivity contribution in [3.63, 3.8) is 0 Å². The molecule has 0 aliphatic carbocycles. The molecule has 0 radical (unpaired) electrons. The van der Waals surface area contributed by atoms with Gasteiger partial charge in [-0.3, -0.25) is 4.90 Å². The Labute approximate surface area is 116 Å². The second-order valence-corrected chi connectivity index (χ2v) is 5.18. The fourth-order valence-electron chi connectivity index (χ4n) is 2.74. The van der Waals surface area contributed by atoms with E-state index in [1.807, 2.05) is 18.7 Å². The van der Waals surface area contributed by atoms with Crippen LogP contribution >= 0.6 is 0 Å². The SMILES string of the molecule is COCCNCC1CCCN1CCCn1ccnc1. The first-order valence-corrected chi connectivity index (χ1v) is 7.29. The molecule has 0 spiro atoms. The average molecular weight is 266 g/mol. The van der Waals surface area contributed by atoms with Crippen molar-refractivity contribution in [1.82, 2.24) is 19.8 Å². The van der Waals surface area contributed by atoms with Crippen LogP contribution in [0.15, 0.2) is 18.7 Å². The van der Waals surface area contributed by atoms with Crippen molar-refractivity contribution < 1.29 is 4.74 Å². The van der Waals surface area contributed by atoms with Crippen LogP contribution in [-0.2, 0) is 11.3 Å². The van der Waals surface area contributed by atoms with E-state index in [1.54, 1.807) is 7.11 Å². The van der Waals surface area contributed by atoms with E-state index in [0.29, 0.717) is 6.04 Å². The van der Waals surface area contributed by atoms with Crippen LogP contribution in [0.4, 0.5) is 0 Å². The van der Waals surface area contributed by atoms with Gasteiger partial charge in [0.2, 0.25) is 0 Å². The van der Waals surface area contributed by atoms with Gasteiger partial charge in [0.05, 0.1) is 12.9 Å². The summed E-state index contributed by atoms with van der Waals surface area (Å²) in [4.78, 5) is 6.69.